The number of hydrogen-bond acceptors (Lipinski definition) is 4. The van der Waals surface area contributed by atoms with Gasteiger partial charge in [0, 0.05) is 43.4 Å². The molecule has 2 fully saturated rings. The first-order chi connectivity index (χ1) is 13.6. The molecule has 1 aliphatic heterocycles. The molecule has 1 aliphatic carbocycles. The van der Waals surface area contributed by atoms with E-state index in [4.69, 9.17) is 16.3 Å². The summed E-state index contributed by atoms with van der Waals surface area (Å²) >= 11 is 6.11. The highest BCUT2D eigenvalue weighted by atomic mass is 35.5. The minimum atomic E-state index is -0.350. The van der Waals surface area contributed by atoms with Crippen LogP contribution in [-0.4, -0.2) is 57.4 Å². The summed E-state index contributed by atoms with van der Waals surface area (Å²) in [5.41, 5.74) is 1.15. The Morgan fingerprint density at radius 2 is 2.21 bits per heavy atom. The van der Waals surface area contributed by atoms with Gasteiger partial charge in [0.2, 0.25) is 0 Å². The van der Waals surface area contributed by atoms with Crippen LogP contribution >= 0.6 is 11.6 Å². The largest absolute Gasteiger partial charge is 0.450 e. The van der Waals surface area contributed by atoms with Crippen LogP contribution in [0.3, 0.4) is 0 Å². The van der Waals surface area contributed by atoms with Crippen molar-refractivity contribution in [1.82, 2.24) is 16.0 Å². The molecule has 1 heterocycles. The highest BCUT2D eigenvalue weighted by Crippen LogP contribution is 2.32. The van der Waals surface area contributed by atoms with Gasteiger partial charge in [-0.1, -0.05) is 17.7 Å². The van der Waals surface area contributed by atoms with Gasteiger partial charge in [-0.3, -0.25) is 4.99 Å². The molecule has 1 aromatic carbocycles. The zero-order valence-electron chi connectivity index (χ0n) is 16.6. The Labute approximate surface area is 171 Å². The van der Waals surface area contributed by atoms with Crippen molar-refractivity contribution in [3.63, 3.8) is 0 Å². The Morgan fingerprint density at radius 1 is 1.39 bits per heavy atom. The number of amides is 1. The molecule has 2 aliphatic rings. The minimum absolute atomic E-state index is 0.0594. The topological polar surface area (TPSA) is 78.0 Å². The van der Waals surface area contributed by atoms with Gasteiger partial charge in [0.15, 0.2) is 5.96 Å². The molecular weight excluding hydrogens is 378 g/mol. The van der Waals surface area contributed by atoms with Crippen LogP contribution in [0.25, 0.3) is 0 Å². The maximum Gasteiger partial charge on any atom is 0.407 e. The summed E-state index contributed by atoms with van der Waals surface area (Å²) in [6.07, 6.45) is 2.96. The summed E-state index contributed by atoms with van der Waals surface area (Å²) in [6, 6.07) is 8.32. The smallest absolute Gasteiger partial charge is 0.407 e. The molecule has 28 heavy (non-hydrogen) atoms. The number of carbonyl (C=O) groups excluding carboxylic acids is 1. The van der Waals surface area contributed by atoms with Crippen LogP contribution in [0.4, 0.5) is 10.5 Å². The van der Waals surface area contributed by atoms with Crippen LogP contribution in [0.1, 0.15) is 26.2 Å². The highest BCUT2D eigenvalue weighted by molar-refractivity contribution is 6.30. The van der Waals surface area contributed by atoms with Gasteiger partial charge in [-0.2, -0.15) is 0 Å². The van der Waals surface area contributed by atoms with Crippen molar-refractivity contribution in [3.05, 3.63) is 29.3 Å². The van der Waals surface area contributed by atoms with Crippen LogP contribution in [-0.2, 0) is 4.74 Å². The number of halogens is 1. The molecule has 0 aromatic heterocycles. The third kappa shape index (κ3) is 5.92. The Bertz CT molecular complexity index is 695. The molecule has 1 amide bonds. The zero-order chi connectivity index (χ0) is 19.9. The van der Waals surface area contributed by atoms with E-state index in [-0.39, 0.29) is 12.1 Å². The summed E-state index contributed by atoms with van der Waals surface area (Å²) in [6.45, 7) is 4.70. The lowest BCUT2D eigenvalue weighted by Crippen LogP contribution is -2.50. The summed E-state index contributed by atoms with van der Waals surface area (Å²) in [5.74, 6) is 1.27. The van der Waals surface area contributed by atoms with Crippen molar-refractivity contribution >= 4 is 29.3 Å². The second-order valence-electron chi connectivity index (χ2n) is 7.32. The molecule has 154 valence electrons. The fraction of sp³-hybridized carbons (Fsp3) is 0.600. The lowest BCUT2D eigenvalue weighted by atomic mass is 10.2. The first kappa shape index (κ1) is 20.6. The summed E-state index contributed by atoms with van der Waals surface area (Å²) in [7, 11) is 1.77. The maximum atomic E-state index is 11.8. The lowest BCUT2D eigenvalue weighted by Gasteiger charge is -2.23. The third-order valence-corrected chi connectivity index (χ3v) is 5.42. The predicted molar refractivity (Wildman–Crippen MR) is 113 cm³/mol. The summed E-state index contributed by atoms with van der Waals surface area (Å²) in [4.78, 5) is 18.4. The minimum Gasteiger partial charge on any atom is -0.450 e. The summed E-state index contributed by atoms with van der Waals surface area (Å²) in [5, 5.41) is 10.6. The Balaban J connectivity index is 1.47. The van der Waals surface area contributed by atoms with Crippen molar-refractivity contribution in [1.29, 1.82) is 0 Å². The van der Waals surface area contributed by atoms with Gasteiger partial charge in [0.05, 0.1) is 12.6 Å². The number of nitrogens with zero attached hydrogens (tertiary/aromatic N) is 2. The van der Waals surface area contributed by atoms with E-state index in [1.165, 1.54) is 0 Å². The van der Waals surface area contributed by atoms with E-state index >= 15 is 0 Å². The van der Waals surface area contributed by atoms with Crippen LogP contribution < -0.4 is 20.9 Å². The monoisotopic (exact) mass is 407 g/mol. The molecule has 1 aromatic rings. The van der Waals surface area contributed by atoms with E-state index in [1.54, 1.807) is 7.05 Å². The molecule has 3 rings (SSSR count). The number of aliphatic imine (C=N–C) groups is 1. The van der Waals surface area contributed by atoms with Crippen molar-refractivity contribution < 1.29 is 9.53 Å². The van der Waals surface area contributed by atoms with E-state index in [1.807, 2.05) is 25.1 Å². The molecule has 8 heteroatoms. The molecule has 1 saturated carbocycles. The summed E-state index contributed by atoms with van der Waals surface area (Å²) < 4.78 is 5.01. The number of hydrogen-bond donors (Lipinski definition) is 3. The number of benzene rings is 1. The predicted octanol–water partition coefficient (Wildman–Crippen LogP) is 2.61. The van der Waals surface area contributed by atoms with Crippen LogP contribution in [0, 0.1) is 5.92 Å². The molecule has 1 saturated heterocycles. The Hall–Kier alpha value is -2.15. The molecule has 3 N–H and O–H groups in total. The van der Waals surface area contributed by atoms with E-state index in [2.05, 4.69) is 31.9 Å². The van der Waals surface area contributed by atoms with Crippen molar-refractivity contribution in [2.24, 2.45) is 10.9 Å². The number of rotatable bonds is 7. The van der Waals surface area contributed by atoms with Crippen LogP contribution in [0.5, 0.6) is 0 Å². The Morgan fingerprint density at radius 3 is 2.89 bits per heavy atom. The van der Waals surface area contributed by atoms with Crippen LogP contribution in [0.15, 0.2) is 29.3 Å². The molecule has 7 nitrogen and oxygen atoms in total. The highest BCUT2D eigenvalue weighted by Gasteiger charge is 2.33. The molecule has 0 radical (unpaired) electrons. The van der Waals surface area contributed by atoms with Crippen LogP contribution in [0.2, 0.25) is 5.02 Å². The van der Waals surface area contributed by atoms with Gasteiger partial charge in [-0.05, 0) is 50.3 Å². The standard InChI is InChI=1S/C20H30ClN5O2/c1-3-28-20(27)25-18(14-7-8-14)12-23-19(22-2)24-16-9-10-26(13-16)17-6-4-5-15(21)11-17/h4-6,11,14,16,18H,3,7-10,12-13H2,1-2H3,(H,25,27)(H2,22,23,24). The van der Waals surface area contributed by atoms with Gasteiger partial charge in [-0.25, -0.2) is 4.79 Å². The third-order valence-electron chi connectivity index (χ3n) is 5.19. The SMILES string of the molecule is CCOC(=O)NC(CNC(=NC)NC1CCN(c2cccc(Cl)c2)C1)C1CC1. The van der Waals surface area contributed by atoms with Gasteiger partial charge >= 0.3 is 6.09 Å². The van der Waals surface area contributed by atoms with E-state index in [0.717, 1.165) is 49.0 Å². The van der Waals surface area contributed by atoms with E-state index in [9.17, 15) is 4.79 Å². The van der Waals surface area contributed by atoms with Crippen molar-refractivity contribution in [2.45, 2.75) is 38.3 Å². The number of ether oxygens (including phenoxy) is 1. The molecule has 0 bridgehead atoms. The van der Waals surface area contributed by atoms with Gasteiger partial charge in [-0.15, -0.1) is 0 Å². The van der Waals surface area contributed by atoms with Gasteiger partial charge < -0.3 is 25.6 Å². The molecule has 0 spiro atoms. The van der Waals surface area contributed by atoms with Gasteiger partial charge in [0.25, 0.3) is 0 Å². The zero-order valence-corrected chi connectivity index (χ0v) is 17.3. The van der Waals surface area contributed by atoms with Crippen molar-refractivity contribution in [2.75, 3.05) is 38.2 Å². The number of guanidine groups is 1. The fourth-order valence-corrected chi connectivity index (χ4v) is 3.72. The molecule has 2 unspecified atom stereocenters. The average molecular weight is 408 g/mol. The second-order valence-corrected chi connectivity index (χ2v) is 7.75. The van der Waals surface area contributed by atoms with Gasteiger partial charge in [0.1, 0.15) is 0 Å². The number of carbonyl (C=O) groups is 1. The average Bonchev–Trinajstić information content (AvgIpc) is 3.42. The first-order valence-electron chi connectivity index (χ1n) is 10.00. The Kier molecular flexibility index (Phi) is 7.25. The quantitative estimate of drug-likeness (QED) is 0.478. The number of anilines is 1. The molecular formula is C20H30ClN5O2. The first-order valence-corrected chi connectivity index (χ1v) is 10.4. The number of nitrogens with one attached hydrogen (secondary N) is 3. The van der Waals surface area contributed by atoms with Crippen molar-refractivity contribution in [3.8, 4) is 0 Å². The second kappa shape index (κ2) is 9.87. The maximum absolute atomic E-state index is 11.8. The fourth-order valence-electron chi connectivity index (χ4n) is 3.54. The van der Waals surface area contributed by atoms with E-state index in [0.29, 0.717) is 25.1 Å². The van der Waals surface area contributed by atoms with E-state index < -0.39 is 0 Å². The molecule has 2 atom stereocenters. The lowest BCUT2D eigenvalue weighted by molar-refractivity contribution is 0.146. The number of alkyl carbamates (subject to hydrolysis) is 1. The normalized spacial score (nSPS) is 20.6.